The fourth-order valence-corrected chi connectivity index (χ4v) is 4.37. The van der Waals surface area contributed by atoms with Gasteiger partial charge in [0.25, 0.3) is 5.91 Å². The highest BCUT2D eigenvalue weighted by molar-refractivity contribution is 6.22. The van der Waals surface area contributed by atoms with E-state index in [2.05, 4.69) is 48.3 Å². The van der Waals surface area contributed by atoms with Crippen molar-refractivity contribution in [3.8, 4) is 0 Å². The molecule has 1 saturated heterocycles. The molecular formula is C30H31N3O4. The molecule has 0 spiro atoms. The molecule has 3 aromatic carbocycles. The normalized spacial score (nSPS) is 14.0. The molecular weight excluding hydrogens is 466 g/mol. The van der Waals surface area contributed by atoms with Crippen LogP contribution in [0.1, 0.15) is 41.3 Å². The van der Waals surface area contributed by atoms with E-state index in [0.29, 0.717) is 48.9 Å². The molecule has 1 heterocycles. The summed E-state index contributed by atoms with van der Waals surface area (Å²) in [6.45, 7) is 6.88. The summed E-state index contributed by atoms with van der Waals surface area (Å²) in [4.78, 5) is 41.9. The van der Waals surface area contributed by atoms with Crippen LogP contribution in [-0.4, -0.2) is 54.0 Å². The van der Waals surface area contributed by atoms with Crippen molar-refractivity contribution in [2.45, 2.75) is 19.8 Å². The van der Waals surface area contributed by atoms with Crippen molar-refractivity contribution in [2.24, 2.45) is 0 Å². The number of hydrogen-bond acceptors (Lipinski definition) is 4. The predicted octanol–water partition coefficient (Wildman–Crippen LogP) is 4.88. The Labute approximate surface area is 217 Å². The maximum atomic E-state index is 13.4. The number of carbonyl (C=O) groups excluding carboxylic acids is 2. The molecule has 0 unspecified atom stereocenters. The lowest BCUT2D eigenvalue weighted by molar-refractivity contribution is -0.130. The summed E-state index contributed by atoms with van der Waals surface area (Å²) in [5.74, 6) is -1.51. The minimum absolute atomic E-state index is 0.126. The van der Waals surface area contributed by atoms with E-state index in [4.69, 9.17) is 0 Å². The van der Waals surface area contributed by atoms with Gasteiger partial charge in [-0.1, -0.05) is 68.4 Å². The minimum atomic E-state index is -1.21. The SMILES string of the molecule is CC(C)c1ccc(N2CCN(C(=O)c3ccccc3NC(=O)/C=C(/C(=O)O)c3ccccc3)CC2)cc1. The Kier molecular flexibility index (Phi) is 8.03. The summed E-state index contributed by atoms with van der Waals surface area (Å²) in [6, 6.07) is 23.8. The van der Waals surface area contributed by atoms with Gasteiger partial charge in [0.2, 0.25) is 5.91 Å². The zero-order chi connectivity index (χ0) is 26.4. The lowest BCUT2D eigenvalue weighted by Crippen LogP contribution is -2.49. The quantitative estimate of drug-likeness (QED) is 0.454. The monoisotopic (exact) mass is 497 g/mol. The number of para-hydroxylation sites is 1. The fraction of sp³-hybridized carbons (Fsp3) is 0.233. The summed E-state index contributed by atoms with van der Waals surface area (Å²) in [6.07, 6.45) is 1.04. The van der Waals surface area contributed by atoms with Gasteiger partial charge in [-0.2, -0.15) is 0 Å². The number of carboxylic acid groups (broad SMARTS) is 1. The Bertz CT molecular complexity index is 1290. The molecule has 190 valence electrons. The van der Waals surface area contributed by atoms with Crippen LogP contribution < -0.4 is 10.2 Å². The van der Waals surface area contributed by atoms with Gasteiger partial charge in [-0.25, -0.2) is 4.79 Å². The number of benzene rings is 3. The third kappa shape index (κ3) is 6.25. The van der Waals surface area contributed by atoms with Crippen LogP contribution in [-0.2, 0) is 9.59 Å². The van der Waals surface area contributed by atoms with E-state index in [1.54, 1.807) is 59.5 Å². The van der Waals surface area contributed by atoms with Crippen molar-refractivity contribution in [1.29, 1.82) is 0 Å². The summed E-state index contributed by atoms with van der Waals surface area (Å²) >= 11 is 0. The van der Waals surface area contributed by atoms with Gasteiger partial charge in [0.1, 0.15) is 0 Å². The second-order valence-corrected chi connectivity index (χ2v) is 9.29. The van der Waals surface area contributed by atoms with Gasteiger partial charge < -0.3 is 20.2 Å². The van der Waals surface area contributed by atoms with Crippen molar-refractivity contribution >= 4 is 34.7 Å². The van der Waals surface area contributed by atoms with Crippen molar-refractivity contribution in [3.63, 3.8) is 0 Å². The first kappa shape index (κ1) is 25.7. The van der Waals surface area contributed by atoms with Gasteiger partial charge in [-0.3, -0.25) is 9.59 Å². The van der Waals surface area contributed by atoms with Crippen molar-refractivity contribution in [3.05, 3.63) is 102 Å². The molecule has 1 fully saturated rings. The highest BCUT2D eigenvalue weighted by Gasteiger charge is 2.24. The van der Waals surface area contributed by atoms with Crippen LogP contribution in [0.3, 0.4) is 0 Å². The van der Waals surface area contributed by atoms with Crippen LogP contribution in [0.25, 0.3) is 5.57 Å². The predicted molar refractivity (Wildman–Crippen MR) is 146 cm³/mol. The van der Waals surface area contributed by atoms with Gasteiger partial charge in [-0.05, 0) is 41.3 Å². The van der Waals surface area contributed by atoms with E-state index >= 15 is 0 Å². The van der Waals surface area contributed by atoms with E-state index in [-0.39, 0.29) is 11.5 Å². The zero-order valence-electron chi connectivity index (χ0n) is 21.1. The van der Waals surface area contributed by atoms with Gasteiger partial charge in [0.05, 0.1) is 16.8 Å². The van der Waals surface area contributed by atoms with Crippen LogP contribution in [0.15, 0.2) is 84.9 Å². The van der Waals surface area contributed by atoms with Crippen molar-refractivity contribution < 1.29 is 19.5 Å². The standard InChI is InChI=1S/C30H31N3O4/c1-21(2)22-12-14-24(15-13-22)32-16-18-33(19-17-32)29(35)25-10-6-7-11-27(25)31-28(34)20-26(30(36)37)23-8-4-3-5-9-23/h3-15,20-21H,16-19H2,1-2H3,(H,31,34)(H,36,37)/b26-20+. The molecule has 7 heteroatoms. The molecule has 2 N–H and O–H groups in total. The average Bonchev–Trinajstić information content (AvgIpc) is 2.92. The lowest BCUT2D eigenvalue weighted by Gasteiger charge is -2.36. The first-order valence-electron chi connectivity index (χ1n) is 12.4. The Morgan fingerprint density at radius 2 is 1.46 bits per heavy atom. The summed E-state index contributed by atoms with van der Waals surface area (Å²) in [5, 5.41) is 12.3. The van der Waals surface area contributed by atoms with Crippen LogP contribution in [0.5, 0.6) is 0 Å². The number of rotatable bonds is 7. The largest absolute Gasteiger partial charge is 0.478 e. The number of nitrogens with one attached hydrogen (secondary N) is 1. The Balaban J connectivity index is 1.44. The number of aliphatic carboxylic acids is 1. The molecule has 1 aliphatic rings. The van der Waals surface area contributed by atoms with Gasteiger partial charge in [0.15, 0.2) is 0 Å². The molecule has 7 nitrogen and oxygen atoms in total. The van der Waals surface area contributed by atoms with E-state index in [9.17, 15) is 19.5 Å². The average molecular weight is 498 g/mol. The highest BCUT2D eigenvalue weighted by Crippen LogP contribution is 2.23. The molecule has 0 bridgehead atoms. The first-order chi connectivity index (χ1) is 17.8. The number of piperazine rings is 1. The third-order valence-electron chi connectivity index (χ3n) is 6.50. The van der Waals surface area contributed by atoms with Crippen molar-refractivity contribution in [2.75, 3.05) is 36.4 Å². The molecule has 1 aliphatic heterocycles. The number of carboxylic acids is 1. The van der Waals surface area contributed by atoms with Crippen LogP contribution in [0.4, 0.5) is 11.4 Å². The molecule has 3 aromatic rings. The Morgan fingerprint density at radius 1 is 0.838 bits per heavy atom. The molecule has 0 aliphatic carbocycles. The van der Waals surface area contributed by atoms with Crippen LogP contribution in [0, 0.1) is 0 Å². The number of anilines is 2. The number of nitrogens with zero attached hydrogens (tertiary/aromatic N) is 2. The first-order valence-corrected chi connectivity index (χ1v) is 12.4. The third-order valence-corrected chi connectivity index (χ3v) is 6.50. The fourth-order valence-electron chi connectivity index (χ4n) is 4.37. The molecule has 37 heavy (non-hydrogen) atoms. The maximum absolute atomic E-state index is 13.4. The molecule has 0 atom stereocenters. The number of amides is 2. The topological polar surface area (TPSA) is 90.0 Å². The zero-order valence-corrected chi connectivity index (χ0v) is 21.1. The van der Waals surface area contributed by atoms with E-state index in [0.717, 1.165) is 11.8 Å². The number of hydrogen-bond donors (Lipinski definition) is 2. The smallest absolute Gasteiger partial charge is 0.336 e. The Hall–Kier alpha value is -4.39. The summed E-state index contributed by atoms with van der Waals surface area (Å²) < 4.78 is 0. The van der Waals surface area contributed by atoms with Gasteiger partial charge in [0, 0.05) is 37.9 Å². The van der Waals surface area contributed by atoms with Gasteiger partial charge in [-0.15, -0.1) is 0 Å². The van der Waals surface area contributed by atoms with Crippen molar-refractivity contribution in [1.82, 2.24) is 4.90 Å². The van der Waals surface area contributed by atoms with E-state index in [1.807, 2.05) is 0 Å². The second-order valence-electron chi connectivity index (χ2n) is 9.29. The summed E-state index contributed by atoms with van der Waals surface area (Å²) in [7, 11) is 0. The maximum Gasteiger partial charge on any atom is 0.336 e. The van der Waals surface area contributed by atoms with Crippen LogP contribution in [0.2, 0.25) is 0 Å². The molecule has 0 saturated carbocycles. The van der Waals surface area contributed by atoms with E-state index in [1.165, 1.54) is 5.56 Å². The molecule has 4 rings (SSSR count). The van der Waals surface area contributed by atoms with Gasteiger partial charge >= 0.3 is 5.97 Å². The number of carbonyl (C=O) groups is 3. The van der Waals surface area contributed by atoms with Crippen LogP contribution >= 0.6 is 0 Å². The molecule has 2 amide bonds. The highest BCUT2D eigenvalue weighted by atomic mass is 16.4. The molecule has 0 aromatic heterocycles. The second kappa shape index (κ2) is 11.6. The molecule has 0 radical (unpaired) electrons. The summed E-state index contributed by atoms with van der Waals surface area (Å²) in [5.41, 5.74) is 3.45. The van der Waals surface area contributed by atoms with E-state index < -0.39 is 11.9 Å². The Morgan fingerprint density at radius 3 is 2.08 bits per heavy atom. The minimum Gasteiger partial charge on any atom is -0.478 e. The lowest BCUT2D eigenvalue weighted by atomic mass is 10.0.